The number of aryl methyl sites for hydroxylation is 1. The molecule has 4 heteroatoms. The Labute approximate surface area is 371 Å². The average Bonchev–Trinajstić information content (AvgIpc) is 3.82. The summed E-state index contributed by atoms with van der Waals surface area (Å²) in [5, 5.41) is 4.99. The fourth-order valence-electron chi connectivity index (χ4n) is 6.76. The maximum Gasteiger partial charge on any atom is 4.00 e. The quantitative estimate of drug-likeness (QED) is 0.128. The van der Waals surface area contributed by atoms with Crippen molar-refractivity contribution in [2.45, 2.75) is 52.4 Å². The van der Waals surface area contributed by atoms with E-state index in [2.05, 4.69) is 147 Å². The van der Waals surface area contributed by atoms with Crippen molar-refractivity contribution in [1.29, 1.82) is 0 Å². The normalized spacial score (nSPS) is 11.0. The van der Waals surface area contributed by atoms with Crippen molar-refractivity contribution in [3.8, 4) is 22.8 Å². The Balaban J connectivity index is 0.000000243. The Morgan fingerprint density at radius 2 is 0.949 bits per heavy atom. The van der Waals surface area contributed by atoms with Crippen molar-refractivity contribution in [3.05, 3.63) is 218 Å². The third-order valence-corrected chi connectivity index (χ3v) is 10.1. The molecule has 3 nitrogen and oxygen atoms in total. The number of fused-ring (bicyclic) bond motifs is 3. The van der Waals surface area contributed by atoms with Crippen LogP contribution < -0.4 is 4.98 Å². The van der Waals surface area contributed by atoms with Gasteiger partial charge in [-0.1, -0.05) is 126 Å². The van der Waals surface area contributed by atoms with Gasteiger partial charge >= 0.3 is 26.2 Å². The molecule has 7 aromatic carbocycles. The predicted octanol–water partition coefficient (Wildman–Crippen LogP) is 14.4. The van der Waals surface area contributed by atoms with Crippen LogP contribution in [0.25, 0.3) is 55.4 Å². The molecule has 294 valence electrons. The summed E-state index contributed by atoms with van der Waals surface area (Å²) in [5.74, 6) is 0.891. The minimum absolute atomic E-state index is 0. The summed E-state index contributed by atoms with van der Waals surface area (Å²) < 4.78 is 2.13. The van der Waals surface area contributed by atoms with Gasteiger partial charge in [0.2, 0.25) is 0 Å². The second-order valence-corrected chi connectivity index (χ2v) is 16.8. The van der Waals surface area contributed by atoms with Crippen molar-refractivity contribution < 1.29 is 26.2 Å². The van der Waals surface area contributed by atoms with Crippen LogP contribution >= 0.6 is 0 Å². The van der Waals surface area contributed by atoms with Crippen LogP contribution in [0.3, 0.4) is 0 Å². The van der Waals surface area contributed by atoms with E-state index in [1.54, 1.807) is 0 Å². The Morgan fingerprint density at radius 3 is 1.44 bits per heavy atom. The summed E-state index contributed by atoms with van der Waals surface area (Å²) in [6.45, 7) is 24.8. The number of aromatic nitrogens is 3. The Morgan fingerprint density at radius 1 is 0.475 bits per heavy atom. The van der Waals surface area contributed by atoms with Crippen molar-refractivity contribution in [3.63, 3.8) is 0 Å². The van der Waals surface area contributed by atoms with Gasteiger partial charge in [-0.05, 0) is 67.3 Å². The molecule has 0 fully saturated rings. The van der Waals surface area contributed by atoms with Crippen LogP contribution in [0.2, 0.25) is 0 Å². The van der Waals surface area contributed by atoms with E-state index in [9.17, 15) is 0 Å². The third kappa shape index (κ3) is 11.3. The molecule has 0 unspecified atom stereocenters. The molecule has 0 atom stereocenters. The molecule has 0 saturated carbocycles. The molecule has 59 heavy (non-hydrogen) atoms. The van der Waals surface area contributed by atoms with Crippen LogP contribution in [0.15, 0.2) is 170 Å². The molecule has 0 saturated heterocycles. The molecular weight excluding hydrogens is 794 g/mol. The van der Waals surface area contributed by atoms with E-state index in [4.69, 9.17) is 9.97 Å². The maximum atomic E-state index is 5.19. The van der Waals surface area contributed by atoms with Gasteiger partial charge in [0.25, 0.3) is 0 Å². The van der Waals surface area contributed by atoms with Gasteiger partial charge < -0.3 is 9.55 Å². The van der Waals surface area contributed by atoms with E-state index in [1.165, 1.54) is 38.2 Å². The number of imidazole rings is 1. The van der Waals surface area contributed by atoms with Gasteiger partial charge in [0.15, 0.2) is 0 Å². The Bertz CT molecular complexity index is 2620. The van der Waals surface area contributed by atoms with Gasteiger partial charge in [-0.25, -0.2) is 4.98 Å². The predicted molar refractivity (Wildman–Crippen MR) is 250 cm³/mol. The van der Waals surface area contributed by atoms with E-state index in [0.717, 1.165) is 44.9 Å². The first-order valence-electron chi connectivity index (χ1n) is 19.9. The number of benzene rings is 7. The zero-order valence-corrected chi connectivity index (χ0v) is 38.1. The fraction of sp³-hybridized carbons (Fsp3) is 0.164. The first kappa shape index (κ1) is 44.4. The molecule has 0 spiro atoms. The van der Waals surface area contributed by atoms with Gasteiger partial charge in [0.1, 0.15) is 5.82 Å². The van der Waals surface area contributed by atoms with E-state index < -0.39 is 0 Å². The number of nitrogens with zero attached hydrogens (tertiary/aromatic N) is 3. The van der Waals surface area contributed by atoms with Crippen LogP contribution in [0.1, 0.15) is 69.4 Å². The van der Waals surface area contributed by atoms with Crippen molar-refractivity contribution in [1.82, 2.24) is 14.5 Å². The van der Waals surface area contributed by atoms with Crippen LogP contribution in [0.5, 0.6) is 0 Å². The number of rotatable bonds is 2. The molecule has 0 radical (unpaired) electrons. The number of para-hydroxylation sites is 2. The summed E-state index contributed by atoms with van der Waals surface area (Å²) >= 11 is 0. The second kappa shape index (κ2) is 19.4. The summed E-state index contributed by atoms with van der Waals surface area (Å²) in [4.78, 5) is 10.1. The van der Waals surface area contributed by atoms with Crippen LogP contribution in [0, 0.1) is 20.8 Å². The van der Waals surface area contributed by atoms with Crippen molar-refractivity contribution in [2.75, 3.05) is 0 Å². The molecule has 0 aliphatic heterocycles. The van der Waals surface area contributed by atoms with Gasteiger partial charge in [-0.3, -0.25) is 0 Å². The van der Waals surface area contributed by atoms with Crippen LogP contribution in [-0.4, -0.2) is 9.55 Å². The Hall–Kier alpha value is -5.70. The fourth-order valence-corrected chi connectivity index (χ4v) is 6.76. The zero-order chi connectivity index (χ0) is 41.5. The molecular formula is C55H55N3Zr. The minimum Gasteiger partial charge on any atom is -0.654 e. The summed E-state index contributed by atoms with van der Waals surface area (Å²) in [6.07, 6.45) is 0. The number of hydrogen-bond donors (Lipinski definition) is 0. The summed E-state index contributed by atoms with van der Waals surface area (Å²) in [7, 11) is 2.07. The molecule has 9 rings (SSSR count). The minimum atomic E-state index is 0. The third-order valence-electron chi connectivity index (χ3n) is 10.1. The average molecular weight is 849 g/mol. The van der Waals surface area contributed by atoms with Gasteiger partial charge in [0, 0.05) is 7.05 Å². The standard InChI is InChI=1S/C34H34N3.3C7H7.Zr/c1-33(2,3)23-14-15-25-22(19-23)18-21-12-13-24(34(4,5)6)20-26(21)31(25)28-16-17-29(35-28)32-36-27-10-8-9-11-30(27)37(32)7;3*1-7-5-3-2-4-6-7;/h8-20H,1-7H3;3*2-6H,1H2;/q4*-1;+4. The van der Waals surface area contributed by atoms with Gasteiger partial charge in [-0.2, -0.15) is 73.9 Å². The Kier molecular flexibility index (Phi) is 14.6. The SMILES string of the molecule is Cn1c(-c2ccc(-c3c4ccc(C(C)(C)C)cc4cc4ccc(C(C)(C)C)cc34)[n-]2)nc2ccccc21.[CH2-]c1ccccc1.[CH2-]c1ccccc1.[CH2-]c1ccccc1.[Zr+4]. The second-order valence-electron chi connectivity index (χ2n) is 16.8. The molecule has 9 aromatic rings. The molecule has 2 heterocycles. The molecule has 0 amide bonds. The molecule has 0 aliphatic rings. The van der Waals surface area contributed by atoms with E-state index >= 15 is 0 Å². The first-order valence-corrected chi connectivity index (χ1v) is 19.9. The largest absolute Gasteiger partial charge is 4.00 e. The number of hydrogen-bond acceptors (Lipinski definition) is 1. The smallest absolute Gasteiger partial charge is 0.654 e. The maximum absolute atomic E-state index is 5.19. The molecule has 0 bridgehead atoms. The van der Waals surface area contributed by atoms with E-state index in [0.29, 0.717) is 0 Å². The van der Waals surface area contributed by atoms with Crippen LogP contribution in [0.4, 0.5) is 0 Å². The van der Waals surface area contributed by atoms with Gasteiger partial charge in [-0.15, -0.1) is 42.1 Å². The monoisotopic (exact) mass is 847 g/mol. The molecule has 0 aliphatic carbocycles. The van der Waals surface area contributed by atoms with Crippen molar-refractivity contribution in [2.24, 2.45) is 7.05 Å². The van der Waals surface area contributed by atoms with E-state index in [1.807, 2.05) is 97.1 Å². The van der Waals surface area contributed by atoms with E-state index in [-0.39, 0.29) is 37.0 Å². The zero-order valence-electron chi connectivity index (χ0n) is 35.6. The summed E-state index contributed by atoms with van der Waals surface area (Å²) in [6, 6.07) is 58.3. The van der Waals surface area contributed by atoms with Crippen LogP contribution in [-0.2, 0) is 44.1 Å². The first-order chi connectivity index (χ1) is 27.7. The van der Waals surface area contributed by atoms with Gasteiger partial charge in [0.05, 0.1) is 11.0 Å². The van der Waals surface area contributed by atoms with Crippen molar-refractivity contribution >= 4 is 32.6 Å². The molecule has 2 aromatic heterocycles. The molecule has 0 N–H and O–H groups in total. The summed E-state index contributed by atoms with van der Waals surface area (Å²) in [5.41, 5.74) is 11.2. The topological polar surface area (TPSA) is 31.9 Å².